The van der Waals surface area contributed by atoms with Gasteiger partial charge in [0.1, 0.15) is 22.3 Å². The number of hydrogen-bond acceptors (Lipinski definition) is 5. The van der Waals surface area contributed by atoms with E-state index in [0.29, 0.717) is 33.8 Å². The first-order chi connectivity index (χ1) is 24.7. The van der Waals surface area contributed by atoms with Crippen LogP contribution < -0.4 is 0 Å². The Kier molecular flexibility index (Phi) is 5.63. The van der Waals surface area contributed by atoms with Crippen LogP contribution >= 0.6 is 11.6 Å². The van der Waals surface area contributed by atoms with E-state index in [9.17, 15) is 0 Å². The van der Waals surface area contributed by atoms with E-state index >= 15 is 0 Å². The Balaban J connectivity index is 1.30. The first kappa shape index (κ1) is 27.5. The first-order valence-electron chi connectivity index (χ1n) is 16.4. The lowest BCUT2D eigenvalue weighted by atomic mass is 9.99. The van der Waals surface area contributed by atoms with Gasteiger partial charge in [-0.15, -0.1) is 0 Å². The average Bonchev–Trinajstić information content (AvgIpc) is 3.85. The predicted octanol–water partition coefficient (Wildman–Crippen LogP) is 11.9. The number of nitrogens with zero attached hydrogens (tertiary/aromatic N) is 4. The highest BCUT2D eigenvalue weighted by Gasteiger charge is 2.25. The van der Waals surface area contributed by atoms with E-state index in [4.69, 9.17) is 35.4 Å². The van der Waals surface area contributed by atoms with Gasteiger partial charge in [-0.2, -0.15) is 9.97 Å². The molecule has 234 valence electrons. The molecule has 0 spiro atoms. The van der Waals surface area contributed by atoms with Crippen LogP contribution in [0.5, 0.6) is 0 Å². The number of aromatic nitrogens is 4. The molecule has 0 aliphatic rings. The number of hydrogen-bond donors (Lipinski definition) is 0. The second-order valence-corrected chi connectivity index (χ2v) is 12.8. The van der Waals surface area contributed by atoms with E-state index in [1.807, 2.05) is 84.9 Å². The molecule has 4 heterocycles. The third-order valence-corrected chi connectivity index (χ3v) is 10.1. The highest BCUT2D eigenvalue weighted by Crippen LogP contribution is 2.46. The summed E-state index contributed by atoms with van der Waals surface area (Å²) >= 11 is 7.50. The minimum atomic E-state index is 0.452. The van der Waals surface area contributed by atoms with Crippen LogP contribution in [0.3, 0.4) is 0 Å². The summed E-state index contributed by atoms with van der Waals surface area (Å²) in [5.74, 6) is 1.41. The quantitative estimate of drug-likeness (QED) is 0.188. The van der Waals surface area contributed by atoms with Gasteiger partial charge in [-0.3, -0.25) is 4.57 Å². The van der Waals surface area contributed by atoms with Crippen molar-refractivity contribution in [2.75, 3.05) is 0 Å². The fourth-order valence-electron chi connectivity index (χ4n) is 7.57. The molecule has 0 aliphatic heterocycles. The van der Waals surface area contributed by atoms with Gasteiger partial charge >= 0.3 is 0 Å². The maximum absolute atomic E-state index is 7.50. The van der Waals surface area contributed by atoms with E-state index in [1.54, 1.807) is 0 Å². The molecule has 6 nitrogen and oxygen atoms in total. The SMILES string of the molecule is Clc1c(-c2nc(-c3cccc4c3oc3ccccc34)nc(-n3c4ccccc4c4ccccc43)n2)c2ccccc2c2oc3ccccc3c12. The van der Waals surface area contributed by atoms with Gasteiger partial charge in [-0.05, 0) is 35.7 Å². The first-order valence-corrected chi connectivity index (χ1v) is 16.8. The van der Waals surface area contributed by atoms with Gasteiger partial charge in [0, 0.05) is 43.3 Å². The number of rotatable bonds is 3. The van der Waals surface area contributed by atoms with Crippen molar-refractivity contribution in [2.24, 2.45) is 0 Å². The van der Waals surface area contributed by atoms with E-state index in [0.717, 1.165) is 76.4 Å². The van der Waals surface area contributed by atoms with Crippen LogP contribution in [0.4, 0.5) is 0 Å². The Labute approximate surface area is 288 Å². The van der Waals surface area contributed by atoms with Gasteiger partial charge < -0.3 is 8.83 Å². The Morgan fingerprint density at radius 2 is 0.960 bits per heavy atom. The zero-order valence-electron chi connectivity index (χ0n) is 26.3. The largest absolute Gasteiger partial charge is 0.455 e. The molecule has 0 atom stereocenters. The summed E-state index contributed by atoms with van der Waals surface area (Å²) in [7, 11) is 0. The van der Waals surface area contributed by atoms with Gasteiger partial charge in [0.25, 0.3) is 0 Å². The summed E-state index contributed by atoms with van der Waals surface area (Å²) in [5, 5.41) is 8.35. The van der Waals surface area contributed by atoms with Gasteiger partial charge in [-0.1, -0.05) is 121 Å². The molecule has 0 amide bonds. The molecule has 0 aliphatic carbocycles. The highest BCUT2D eigenvalue weighted by molar-refractivity contribution is 6.43. The third-order valence-electron chi connectivity index (χ3n) is 9.75. The number of benzene rings is 7. The van der Waals surface area contributed by atoms with E-state index in [-0.39, 0.29) is 0 Å². The number of fused-ring (bicyclic) bond motifs is 11. The smallest absolute Gasteiger partial charge is 0.238 e. The third kappa shape index (κ3) is 3.76. The van der Waals surface area contributed by atoms with E-state index in [2.05, 4.69) is 59.2 Å². The van der Waals surface area contributed by atoms with E-state index in [1.165, 1.54) is 0 Å². The molecule has 0 saturated carbocycles. The molecule has 50 heavy (non-hydrogen) atoms. The van der Waals surface area contributed by atoms with E-state index < -0.39 is 0 Å². The monoisotopic (exact) mass is 662 g/mol. The summed E-state index contributed by atoms with van der Waals surface area (Å²) in [6.45, 7) is 0. The molecular formula is C43H23ClN4O2. The molecule has 0 unspecified atom stereocenters. The Bertz CT molecular complexity index is 3140. The maximum atomic E-state index is 7.50. The van der Waals surface area contributed by atoms with Crippen molar-refractivity contribution in [3.8, 4) is 28.7 Å². The van der Waals surface area contributed by atoms with Crippen molar-refractivity contribution in [1.82, 2.24) is 19.5 Å². The van der Waals surface area contributed by atoms with Crippen LogP contribution in [0.2, 0.25) is 5.02 Å². The second kappa shape index (κ2) is 10.3. The maximum Gasteiger partial charge on any atom is 0.238 e. The topological polar surface area (TPSA) is 69.9 Å². The minimum Gasteiger partial charge on any atom is -0.455 e. The molecule has 0 bridgehead atoms. The molecule has 0 fully saturated rings. The lowest BCUT2D eigenvalue weighted by molar-refractivity contribution is 0.669. The van der Waals surface area contributed by atoms with Crippen LogP contribution in [0.25, 0.3) is 105 Å². The molecule has 11 rings (SSSR count). The van der Waals surface area contributed by atoms with Crippen LogP contribution in [-0.2, 0) is 0 Å². The van der Waals surface area contributed by atoms with Crippen LogP contribution in [-0.4, -0.2) is 19.5 Å². The summed E-state index contributed by atoms with van der Waals surface area (Å²) in [5.41, 5.74) is 6.48. The Hall–Kier alpha value is -6.50. The Morgan fingerprint density at radius 1 is 0.440 bits per heavy atom. The molecule has 0 N–H and O–H groups in total. The molecule has 0 radical (unpaired) electrons. The molecule has 0 saturated heterocycles. The van der Waals surface area contributed by atoms with Crippen molar-refractivity contribution < 1.29 is 8.83 Å². The molecule has 4 aromatic heterocycles. The Morgan fingerprint density at radius 3 is 1.70 bits per heavy atom. The van der Waals surface area contributed by atoms with Crippen LogP contribution in [0.1, 0.15) is 0 Å². The average molecular weight is 663 g/mol. The van der Waals surface area contributed by atoms with Gasteiger partial charge in [0.15, 0.2) is 11.6 Å². The van der Waals surface area contributed by atoms with Crippen molar-refractivity contribution >= 4 is 88.1 Å². The zero-order chi connectivity index (χ0) is 32.9. The van der Waals surface area contributed by atoms with Gasteiger partial charge in [0.05, 0.1) is 21.6 Å². The van der Waals surface area contributed by atoms with Crippen LogP contribution in [0, 0.1) is 0 Å². The number of halogens is 1. The second-order valence-electron chi connectivity index (χ2n) is 12.5. The summed E-state index contributed by atoms with van der Waals surface area (Å²) in [4.78, 5) is 15.7. The summed E-state index contributed by atoms with van der Waals surface area (Å²) in [6.07, 6.45) is 0. The van der Waals surface area contributed by atoms with Gasteiger partial charge in [-0.25, -0.2) is 4.98 Å². The predicted molar refractivity (Wildman–Crippen MR) is 202 cm³/mol. The van der Waals surface area contributed by atoms with Crippen LogP contribution in [0.15, 0.2) is 148 Å². The zero-order valence-corrected chi connectivity index (χ0v) is 27.0. The number of furan rings is 2. The standard InChI is InChI=1S/C43H23ClN4O2/c44-38-36-30-17-6-10-23-35(30)50-40(36)29-16-2-1-15-27(29)37(38)42-45-41(31-19-11-18-28-26-14-5-9-22-34(26)49-39(28)31)46-43(47-42)48-32-20-7-3-12-24(32)25-13-4-8-21-33(25)48/h1-23H. The minimum absolute atomic E-state index is 0.452. The van der Waals surface area contributed by atoms with Gasteiger partial charge in [0.2, 0.25) is 5.95 Å². The summed E-state index contributed by atoms with van der Waals surface area (Å²) in [6, 6.07) is 46.9. The van der Waals surface area contributed by atoms with Crippen molar-refractivity contribution in [1.29, 1.82) is 0 Å². The lowest BCUT2D eigenvalue weighted by Gasteiger charge is -2.14. The molecule has 11 aromatic rings. The highest BCUT2D eigenvalue weighted by atomic mass is 35.5. The molecule has 7 aromatic carbocycles. The fourth-order valence-corrected chi connectivity index (χ4v) is 7.95. The van der Waals surface area contributed by atoms with Crippen molar-refractivity contribution in [2.45, 2.75) is 0 Å². The van der Waals surface area contributed by atoms with Crippen molar-refractivity contribution in [3.63, 3.8) is 0 Å². The lowest BCUT2D eigenvalue weighted by Crippen LogP contribution is -2.07. The normalized spacial score (nSPS) is 12.1. The number of para-hydroxylation sites is 5. The molecule has 7 heteroatoms. The fraction of sp³-hybridized carbons (Fsp3) is 0. The summed E-state index contributed by atoms with van der Waals surface area (Å²) < 4.78 is 15.0. The molecular weight excluding hydrogens is 640 g/mol. The van der Waals surface area contributed by atoms with Crippen molar-refractivity contribution in [3.05, 3.63) is 145 Å².